The van der Waals surface area contributed by atoms with Crippen LogP contribution in [0.1, 0.15) is 30.6 Å². The second-order valence-electron chi connectivity index (χ2n) is 8.62. The van der Waals surface area contributed by atoms with Crippen molar-refractivity contribution in [1.82, 2.24) is 25.1 Å². The fourth-order valence-corrected chi connectivity index (χ4v) is 4.27. The summed E-state index contributed by atoms with van der Waals surface area (Å²) in [5.41, 5.74) is 1.34. The molecule has 1 fully saturated rings. The first-order valence-electron chi connectivity index (χ1n) is 11.3. The van der Waals surface area contributed by atoms with Gasteiger partial charge in [0.1, 0.15) is 11.7 Å². The number of fused-ring (bicyclic) bond motifs is 1. The van der Waals surface area contributed by atoms with Gasteiger partial charge in [-0.25, -0.2) is 4.98 Å². The predicted octanol–water partition coefficient (Wildman–Crippen LogP) is 0.494. The molecule has 10 nitrogen and oxygen atoms in total. The van der Waals surface area contributed by atoms with Crippen LogP contribution in [0.4, 0.5) is 0 Å². The van der Waals surface area contributed by atoms with E-state index in [1.54, 1.807) is 44.3 Å². The first kappa shape index (κ1) is 25.5. The Balaban J connectivity index is 1.89. The topological polar surface area (TPSA) is 126 Å². The van der Waals surface area contributed by atoms with Crippen LogP contribution in [-0.4, -0.2) is 88.3 Å². The van der Waals surface area contributed by atoms with Crippen LogP contribution in [0.3, 0.4) is 0 Å². The first-order valence-corrected chi connectivity index (χ1v) is 11.3. The van der Waals surface area contributed by atoms with Crippen LogP contribution in [-0.2, 0) is 20.7 Å². The third kappa shape index (κ3) is 5.19. The van der Waals surface area contributed by atoms with Gasteiger partial charge in [0, 0.05) is 37.5 Å². The van der Waals surface area contributed by atoms with Crippen molar-refractivity contribution in [3.63, 3.8) is 0 Å². The van der Waals surface area contributed by atoms with Crippen LogP contribution < -0.4 is 10.6 Å². The molecular weight excluding hydrogens is 438 g/mol. The van der Waals surface area contributed by atoms with Crippen LogP contribution in [0.15, 0.2) is 37.2 Å². The van der Waals surface area contributed by atoms with Crippen LogP contribution >= 0.6 is 0 Å². The zero-order valence-electron chi connectivity index (χ0n) is 20.0. The number of amides is 2. The van der Waals surface area contributed by atoms with Crippen molar-refractivity contribution in [2.45, 2.75) is 57.0 Å². The van der Waals surface area contributed by atoms with Gasteiger partial charge in [-0.3, -0.25) is 19.0 Å². The molecule has 0 saturated carbocycles. The third-order valence-corrected chi connectivity index (χ3v) is 6.42. The van der Waals surface area contributed by atoms with Crippen LogP contribution in [0.25, 0.3) is 11.0 Å². The molecule has 10 heteroatoms. The van der Waals surface area contributed by atoms with Crippen molar-refractivity contribution in [3.8, 4) is 0 Å². The lowest BCUT2D eigenvalue weighted by Gasteiger charge is -2.32. The van der Waals surface area contributed by atoms with Crippen LogP contribution in [0, 0.1) is 0 Å². The molecule has 0 aliphatic carbocycles. The van der Waals surface area contributed by atoms with Crippen molar-refractivity contribution in [2.75, 3.05) is 20.7 Å². The second-order valence-corrected chi connectivity index (χ2v) is 8.62. The van der Waals surface area contributed by atoms with Gasteiger partial charge < -0.3 is 25.4 Å². The summed E-state index contributed by atoms with van der Waals surface area (Å²) in [7, 11) is 3.14. The Morgan fingerprint density at radius 1 is 1.38 bits per heavy atom. The lowest BCUT2D eigenvalue weighted by molar-refractivity contribution is -0.141. The molecule has 2 amide bonds. The maximum Gasteiger partial charge on any atom is 0.255 e. The Hall–Kier alpha value is -3.08. The van der Waals surface area contributed by atoms with Crippen molar-refractivity contribution in [1.29, 1.82) is 0 Å². The largest absolute Gasteiger partial charge is 0.391 e. The number of nitrogens with one attached hydrogen (secondary N) is 2. The molecule has 1 aliphatic rings. The summed E-state index contributed by atoms with van der Waals surface area (Å²) in [5, 5.41) is 16.9. The minimum atomic E-state index is -0.911. The SMILES string of the molecule is C=CC(=O)n1cc(C[C@@H]2C[C@H](O)CN2C(=O)[C@@H](NC(=O)[C@H](C)NC)[C@@H](C)OC)c2cccnc21. The fourth-order valence-electron chi connectivity index (χ4n) is 4.27. The van der Waals surface area contributed by atoms with Gasteiger partial charge in [0.15, 0.2) is 0 Å². The summed E-state index contributed by atoms with van der Waals surface area (Å²) in [6.45, 7) is 7.12. The van der Waals surface area contributed by atoms with E-state index in [0.29, 0.717) is 18.5 Å². The Morgan fingerprint density at radius 2 is 2.12 bits per heavy atom. The summed E-state index contributed by atoms with van der Waals surface area (Å²) in [5.74, 6) is -0.945. The van der Waals surface area contributed by atoms with Gasteiger partial charge in [0.25, 0.3) is 5.91 Å². The number of carbonyl (C=O) groups is 3. The van der Waals surface area contributed by atoms with Gasteiger partial charge in [-0.05, 0) is 57.5 Å². The second kappa shape index (κ2) is 10.9. The monoisotopic (exact) mass is 471 g/mol. The van der Waals surface area contributed by atoms with Crippen LogP contribution in [0.5, 0.6) is 0 Å². The minimum absolute atomic E-state index is 0.149. The number of aliphatic hydroxyl groups is 1. The van der Waals surface area contributed by atoms with Gasteiger partial charge in [0.2, 0.25) is 11.8 Å². The summed E-state index contributed by atoms with van der Waals surface area (Å²) in [6.07, 6.45) is 4.07. The highest BCUT2D eigenvalue weighted by Gasteiger charge is 2.40. The standard InChI is InChI=1S/C24H33N5O5/c1-6-20(31)29-12-16(19-8-7-9-26-22(19)29)10-17-11-18(30)13-28(17)24(33)21(15(3)34-5)27-23(32)14(2)25-4/h6-9,12,14-15,17-18,21,25,30H,1,10-11,13H2,2-5H3,(H,27,32)/t14-,15+,17+,18-,21-/m0/s1. The van der Waals surface area contributed by atoms with Crippen molar-refractivity contribution >= 4 is 28.8 Å². The summed E-state index contributed by atoms with van der Waals surface area (Å²) in [4.78, 5) is 44.3. The van der Waals surface area contributed by atoms with Gasteiger partial charge in [-0.1, -0.05) is 6.58 Å². The average Bonchev–Trinajstić information content (AvgIpc) is 3.40. The zero-order chi connectivity index (χ0) is 25.0. The number of aliphatic hydroxyl groups excluding tert-OH is 1. The molecule has 2 aromatic heterocycles. The summed E-state index contributed by atoms with van der Waals surface area (Å²) < 4.78 is 6.82. The Bertz CT molecular complexity index is 1070. The lowest BCUT2D eigenvalue weighted by Crippen LogP contribution is -2.58. The van der Waals surface area contributed by atoms with E-state index in [1.165, 1.54) is 17.8 Å². The fraction of sp³-hybridized carbons (Fsp3) is 0.500. The van der Waals surface area contributed by atoms with Crippen molar-refractivity contribution in [2.24, 2.45) is 0 Å². The van der Waals surface area contributed by atoms with E-state index in [1.807, 2.05) is 6.07 Å². The number of likely N-dealkylation sites (N-methyl/N-ethyl adjacent to an activating group) is 1. The smallest absolute Gasteiger partial charge is 0.255 e. The zero-order valence-corrected chi connectivity index (χ0v) is 20.0. The van der Waals surface area contributed by atoms with E-state index in [4.69, 9.17) is 4.74 Å². The Morgan fingerprint density at radius 3 is 2.76 bits per heavy atom. The molecule has 1 saturated heterocycles. The number of β-amino-alcohol motifs (C(OH)–C–C–N with tert-alkyl or cyclic N) is 1. The molecule has 3 rings (SSSR count). The van der Waals surface area contributed by atoms with Crippen molar-refractivity contribution in [3.05, 3.63) is 42.7 Å². The van der Waals surface area contributed by atoms with E-state index in [2.05, 4.69) is 22.2 Å². The molecule has 2 aromatic rings. The number of rotatable bonds is 9. The summed E-state index contributed by atoms with van der Waals surface area (Å²) in [6, 6.07) is 1.94. The van der Waals surface area contributed by atoms with E-state index in [0.717, 1.165) is 10.9 Å². The van der Waals surface area contributed by atoms with Crippen molar-refractivity contribution < 1.29 is 24.2 Å². The minimum Gasteiger partial charge on any atom is -0.391 e. The maximum absolute atomic E-state index is 13.6. The number of likely N-dealkylation sites (tertiary alicyclic amines) is 1. The molecule has 3 N–H and O–H groups in total. The van der Waals surface area contributed by atoms with Gasteiger partial charge in [-0.15, -0.1) is 0 Å². The molecular formula is C24H33N5O5. The highest BCUT2D eigenvalue weighted by atomic mass is 16.5. The highest BCUT2D eigenvalue weighted by Crippen LogP contribution is 2.27. The number of ether oxygens (including phenoxy) is 1. The number of hydrogen-bond acceptors (Lipinski definition) is 7. The number of carbonyl (C=O) groups excluding carboxylic acids is 3. The number of allylic oxidation sites excluding steroid dienone is 1. The molecule has 5 atom stereocenters. The van der Waals surface area contributed by atoms with Crippen LogP contribution in [0.2, 0.25) is 0 Å². The number of hydrogen-bond donors (Lipinski definition) is 3. The highest BCUT2D eigenvalue weighted by molar-refractivity contribution is 5.97. The van der Waals surface area contributed by atoms with E-state index in [-0.39, 0.29) is 30.3 Å². The number of methoxy groups -OCH3 is 1. The first-order chi connectivity index (χ1) is 16.2. The predicted molar refractivity (Wildman–Crippen MR) is 127 cm³/mol. The molecule has 0 bridgehead atoms. The van der Waals surface area contributed by atoms with Gasteiger partial charge in [0.05, 0.1) is 18.2 Å². The Kier molecular flexibility index (Phi) is 8.19. The Labute approximate surface area is 199 Å². The number of nitrogens with zero attached hydrogens (tertiary/aromatic N) is 3. The van der Waals surface area contributed by atoms with Gasteiger partial charge >= 0.3 is 0 Å². The molecule has 3 heterocycles. The molecule has 0 spiro atoms. The average molecular weight is 472 g/mol. The number of pyridine rings is 1. The van der Waals surface area contributed by atoms with E-state index < -0.39 is 24.3 Å². The quantitative estimate of drug-likeness (QED) is 0.455. The number of aromatic nitrogens is 2. The maximum atomic E-state index is 13.6. The molecule has 184 valence electrons. The lowest BCUT2D eigenvalue weighted by atomic mass is 10.0. The molecule has 0 aromatic carbocycles. The normalized spacial score (nSPS) is 20.7. The molecule has 1 aliphatic heterocycles. The third-order valence-electron chi connectivity index (χ3n) is 6.42. The molecule has 34 heavy (non-hydrogen) atoms. The summed E-state index contributed by atoms with van der Waals surface area (Å²) >= 11 is 0. The van der Waals surface area contributed by atoms with E-state index in [9.17, 15) is 19.5 Å². The molecule has 0 unspecified atom stereocenters. The molecule has 0 radical (unpaired) electrons. The van der Waals surface area contributed by atoms with E-state index >= 15 is 0 Å². The van der Waals surface area contributed by atoms with Gasteiger partial charge in [-0.2, -0.15) is 0 Å².